The second kappa shape index (κ2) is 11.3. The number of aryl methyl sites for hydroxylation is 1. The predicted molar refractivity (Wildman–Crippen MR) is 147 cm³/mol. The largest absolute Gasteiger partial charge is 0.511 e. The molecule has 0 saturated heterocycles. The number of benzene rings is 3. The summed E-state index contributed by atoms with van der Waals surface area (Å²) in [6.45, 7) is 4.46. The van der Waals surface area contributed by atoms with E-state index in [9.17, 15) is 23.1 Å². The molecule has 1 unspecified atom stereocenters. The zero-order chi connectivity index (χ0) is 28.2. The number of hydrogen-bond acceptors (Lipinski definition) is 7. The van der Waals surface area contributed by atoms with E-state index in [-0.39, 0.29) is 22.9 Å². The third-order valence-electron chi connectivity index (χ3n) is 6.26. The number of aromatic amines is 1. The van der Waals surface area contributed by atoms with Gasteiger partial charge in [-0.2, -0.15) is 0 Å². The van der Waals surface area contributed by atoms with Crippen molar-refractivity contribution in [3.8, 4) is 5.75 Å². The lowest BCUT2D eigenvalue weighted by Crippen LogP contribution is -2.42. The van der Waals surface area contributed by atoms with E-state index < -0.39 is 27.8 Å². The lowest BCUT2D eigenvalue weighted by Gasteiger charge is -2.28. The first kappa shape index (κ1) is 27.9. The van der Waals surface area contributed by atoms with Crippen LogP contribution in [0.1, 0.15) is 31.9 Å². The lowest BCUT2D eigenvalue weighted by molar-refractivity contribution is 0.144. The minimum Gasteiger partial charge on any atom is -0.449 e. The third-order valence-corrected chi connectivity index (χ3v) is 7.66. The molecule has 11 nitrogen and oxygen atoms in total. The van der Waals surface area contributed by atoms with Gasteiger partial charge in [0.15, 0.2) is 0 Å². The minimum absolute atomic E-state index is 0.108. The van der Waals surface area contributed by atoms with E-state index in [1.807, 2.05) is 13.8 Å². The van der Waals surface area contributed by atoms with Crippen LogP contribution in [0.25, 0.3) is 11.0 Å². The van der Waals surface area contributed by atoms with E-state index in [2.05, 4.69) is 19.8 Å². The molecule has 4 aromatic rings. The second-order valence-electron chi connectivity index (χ2n) is 9.70. The van der Waals surface area contributed by atoms with Crippen LogP contribution in [0.2, 0.25) is 0 Å². The van der Waals surface area contributed by atoms with E-state index in [4.69, 9.17) is 5.11 Å². The SMILES string of the molecule is CC(C)(CCn1c(=O)[nH]c2cc(OC(=O)O)ccc21)NCC(O)c1cccc(NS(=O)(=O)c2ccccc2)c1. The van der Waals surface area contributed by atoms with Crippen molar-refractivity contribution in [2.75, 3.05) is 11.3 Å². The molecule has 4 rings (SSSR count). The number of β-amino-alcohol motifs (C(OH)–C–C–N with tert-alkyl or cyclic N) is 1. The molecule has 3 aromatic carbocycles. The van der Waals surface area contributed by atoms with Gasteiger partial charge in [0.05, 0.1) is 22.0 Å². The van der Waals surface area contributed by atoms with Gasteiger partial charge < -0.3 is 25.3 Å². The van der Waals surface area contributed by atoms with E-state index in [1.165, 1.54) is 24.3 Å². The van der Waals surface area contributed by atoms with Crippen LogP contribution in [0.3, 0.4) is 0 Å². The van der Waals surface area contributed by atoms with Gasteiger partial charge in [-0.15, -0.1) is 0 Å². The number of nitrogens with zero attached hydrogens (tertiary/aromatic N) is 1. The Morgan fingerprint density at radius 3 is 2.54 bits per heavy atom. The van der Waals surface area contributed by atoms with Crippen LogP contribution < -0.4 is 20.5 Å². The van der Waals surface area contributed by atoms with Crippen LogP contribution in [-0.4, -0.2) is 46.4 Å². The third kappa shape index (κ3) is 7.05. The normalized spacial score (nSPS) is 12.8. The number of fused-ring (bicyclic) bond motifs is 1. The lowest BCUT2D eigenvalue weighted by atomic mass is 9.99. The van der Waals surface area contributed by atoms with Gasteiger partial charge >= 0.3 is 11.8 Å². The number of hydrogen-bond donors (Lipinski definition) is 5. The van der Waals surface area contributed by atoms with Crippen molar-refractivity contribution in [2.24, 2.45) is 0 Å². The van der Waals surface area contributed by atoms with Gasteiger partial charge in [-0.25, -0.2) is 18.0 Å². The highest BCUT2D eigenvalue weighted by atomic mass is 32.2. The summed E-state index contributed by atoms with van der Waals surface area (Å²) in [5, 5.41) is 22.9. The summed E-state index contributed by atoms with van der Waals surface area (Å²) >= 11 is 0. The maximum atomic E-state index is 12.6. The van der Waals surface area contributed by atoms with Crippen LogP contribution in [0, 0.1) is 0 Å². The molecule has 1 heterocycles. The number of carboxylic acid groups (broad SMARTS) is 1. The average molecular weight is 555 g/mol. The number of imidazole rings is 1. The van der Waals surface area contributed by atoms with Gasteiger partial charge in [0.25, 0.3) is 10.0 Å². The maximum absolute atomic E-state index is 12.6. The molecule has 0 bridgehead atoms. The number of carbonyl (C=O) groups is 1. The van der Waals surface area contributed by atoms with Crippen LogP contribution >= 0.6 is 0 Å². The van der Waals surface area contributed by atoms with Gasteiger partial charge in [0.2, 0.25) is 0 Å². The van der Waals surface area contributed by atoms with Gasteiger partial charge in [-0.05, 0) is 62.2 Å². The zero-order valence-corrected chi connectivity index (χ0v) is 22.2. The van der Waals surface area contributed by atoms with E-state index in [0.29, 0.717) is 35.2 Å². The quantitative estimate of drug-likeness (QED) is 0.138. The van der Waals surface area contributed by atoms with Gasteiger partial charge in [-0.1, -0.05) is 30.3 Å². The first-order valence-electron chi connectivity index (χ1n) is 12.2. The van der Waals surface area contributed by atoms with E-state index >= 15 is 0 Å². The molecule has 5 N–H and O–H groups in total. The summed E-state index contributed by atoms with van der Waals surface area (Å²) in [5.74, 6) is 0.108. The first-order chi connectivity index (χ1) is 18.4. The Balaban J connectivity index is 1.37. The Kier molecular flexibility index (Phi) is 8.09. The van der Waals surface area contributed by atoms with E-state index in [1.54, 1.807) is 53.1 Å². The summed E-state index contributed by atoms with van der Waals surface area (Å²) in [7, 11) is -3.76. The number of anilines is 1. The van der Waals surface area contributed by atoms with Crippen LogP contribution in [-0.2, 0) is 16.6 Å². The molecule has 0 aliphatic carbocycles. The highest BCUT2D eigenvalue weighted by Crippen LogP contribution is 2.23. The molecule has 0 aliphatic rings. The standard InChI is InChI=1S/C27H30N4O7S/c1-27(2,13-14-31-23-12-11-20(38-26(34)35)16-22(23)29-25(31)33)28-17-24(32)18-7-6-8-19(15-18)30-39(36,37)21-9-4-3-5-10-21/h3-12,15-16,24,28,30,32H,13-14,17H2,1-2H3,(H,29,33)(H,34,35). The van der Waals surface area contributed by atoms with Crippen molar-refractivity contribution in [1.82, 2.24) is 14.9 Å². The van der Waals surface area contributed by atoms with Crippen molar-refractivity contribution in [2.45, 2.75) is 43.4 Å². The smallest absolute Gasteiger partial charge is 0.449 e. The molecule has 39 heavy (non-hydrogen) atoms. The molecule has 0 radical (unpaired) electrons. The summed E-state index contributed by atoms with van der Waals surface area (Å²) in [6.07, 6.45) is -1.81. The molecular formula is C27H30N4O7S. The van der Waals surface area contributed by atoms with Crippen molar-refractivity contribution < 1.29 is 28.2 Å². The zero-order valence-electron chi connectivity index (χ0n) is 21.4. The summed E-state index contributed by atoms with van der Waals surface area (Å²) in [4.78, 5) is 26.1. The highest BCUT2D eigenvalue weighted by Gasteiger charge is 2.21. The number of aromatic nitrogens is 2. The highest BCUT2D eigenvalue weighted by molar-refractivity contribution is 7.92. The van der Waals surface area contributed by atoms with Crippen molar-refractivity contribution in [3.05, 3.63) is 88.8 Å². The molecule has 206 valence electrons. The van der Waals surface area contributed by atoms with Gasteiger partial charge in [0, 0.05) is 30.4 Å². The molecule has 0 fully saturated rings. The molecular weight excluding hydrogens is 524 g/mol. The number of H-pyrrole nitrogens is 1. The Bertz CT molecular complexity index is 1630. The Morgan fingerprint density at radius 2 is 1.82 bits per heavy atom. The summed E-state index contributed by atoms with van der Waals surface area (Å²) < 4.78 is 34.0. The molecule has 1 atom stereocenters. The van der Waals surface area contributed by atoms with Crippen molar-refractivity contribution in [3.63, 3.8) is 0 Å². The fourth-order valence-electron chi connectivity index (χ4n) is 4.12. The van der Waals surface area contributed by atoms with Gasteiger partial charge in [0.1, 0.15) is 5.75 Å². The molecule has 1 aromatic heterocycles. The summed E-state index contributed by atoms with van der Waals surface area (Å²) in [6, 6.07) is 19.2. The number of nitrogens with one attached hydrogen (secondary N) is 3. The topological polar surface area (TPSA) is 163 Å². The second-order valence-corrected chi connectivity index (χ2v) is 11.4. The first-order valence-corrected chi connectivity index (χ1v) is 13.7. The van der Waals surface area contributed by atoms with Crippen molar-refractivity contribution >= 4 is 32.9 Å². The van der Waals surface area contributed by atoms with E-state index in [0.717, 1.165) is 0 Å². The molecule has 0 saturated carbocycles. The summed E-state index contributed by atoms with van der Waals surface area (Å²) in [5.41, 5.74) is 1.15. The fourth-order valence-corrected chi connectivity index (χ4v) is 5.19. The Morgan fingerprint density at radius 1 is 1.08 bits per heavy atom. The van der Waals surface area contributed by atoms with Crippen LogP contribution in [0.4, 0.5) is 10.5 Å². The maximum Gasteiger partial charge on any atom is 0.511 e. The fraction of sp³-hybridized carbons (Fsp3) is 0.259. The Hall–Kier alpha value is -4.13. The number of sulfonamides is 1. The number of aliphatic hydroxyl groups is 1. The molecule has 0 amide bonds. The average Bonchev–Trinajstić information content (AvgIpc) is 3.20. The van der Waals surface area contributed by atoms with Crippen LogP contribution in [0.5, 0.6) is 5.75 Å². The number of ether oxygens (including phenoxy) is 1. The Labute approximate surface area is 225 Å². The number of rotatable bonds is 11. The molecule has 12 heteroatoms. The number of aliphatic hydroxyl groups excluding tert-OH is 1. The predicted octanol–water partition coefficient (Wildman–Crippen LogP) is 3.68. The van der Waals surface area contributed by atoms with Gasteiger partial charge in [-0.3, -0.25) is 9.29 Å². The minimum atomic E-state index is -3.76. The monoisotopic (exact) mass is 554 g/mol. The molecule has 0 aliphatic heterocycles. The molecule has 0 spiro atoms. The van der Waals surface area contributed by atoms with Crippen LogP contribution in [0.15, 0.2) is 82.5 Å². The van der Waals surface area contributed by atoms with Crippen molar-refractivity contribution in [1.29, 1.82) is 0 Å².